The summed E-state index contributed by atoms with van der Waals surface area (Å²) in [5.74, 6) is 1.95. The number of carbonyl (C=O) groups is 1. The maximum Gasteiger partial charge on any atom is 0.226 e. The highest BCUT2D eigenvalue weighted by Crippen LogP contribution is 2.26. The van der Waals surface area contributed by atoms with E-state index in [2.05, 4.69) is 20.9 Å². The number of nitrogens with zero attached hydrogens (tertiary/aromatic N) is 1. The number of nitrogens with one attached hydrogen (secondary N) is 3. The molecule has 0 aromatic heterocycles. The number of thioether (sulfide) groups is 1. The second kappa shape index (κ2) is 10.6. The average molecular weight is 383 g/mol. The third-order valence-electron chi connectivity index (χ3n) is 3.86. The van der Waals surface area contributed by atoms with Crippen molar-refractivity contribution in [1.29, 1.82) is 0 Å². The Morgan fingerprint density at radius 1 is 1.40 bits per heavy atom. The first-order chi connectivity index (χ1) is 12.1. The molecule has 0 bridgehead atoms. The molecule has 0 aliphatic carbocycles. The summed E-state index contributed by atoms with van der Waals surface area (Å²) in [6.45, 7) is 6.15. The highest BCUT2D eigenvalue weighted by Gasteiger charge is 2.15. The van der Waals surface area contributed by atoms with Gasteiger partial charge in [-0.05, 0) is 50.1 Å². The number of hydrogen-bond donors (Lipinski definition) is 3. The molecule has 25 heavy (non-hydrogen) atoms. The fraction of sp³-hybridized carbons (Fsp3) is 0.556. The number of anilines is 1. The Hall–Kier alpha value is -1.40. The number of aliphatic imine (C=N–C) groups is 1. The average Bonchev–Trinajstić information content (AvgIpc) is 3.09. The van der Waals surface area contributed by atoms with Crippen LogP contribution < -0.4 is 16.0 Å². The molecule has 0 spiro atoms. The van der Waals surface area contributed by atoms with Crippen molar-refractivity contribution in [3.63, 3.8) is 0 Å². The van der Waals surface area contributed by atoms with E-state index >= 15 is 0 Å². The Balaban J connectivity index is 1.76. The van der Waals surface area contributed by atoms with Crippen molar-refractivity contribution in [2.75, 3.05) is 30.7 Å². The van der Waals surface area contributed by atoms with E-state index in [1.807, 2.05) is 43.8 Å². The molecule has 1 aromatic carbocycles. The van der Waals surface area contributed by atoms with E-state index in [0.717, 1.165) is 24.6 Å². The second-order valence-corrected chi connectivity index (χ2v) is 7.88. The predicted molar refractivity (Wildman–Crippen MR) is 109 cm³/mol. The van der Waals surface area contributed by atoms with Crippen LogP contribution in [-0.4, -0.2) is 42.5 Å². The lowest BCUT2D eigenvalue weighted by molar-refractivity contribution is -0.116. The normalized spacial score (nSPS) is 17.4. The van der Waals surface area contributed by atoms with Gasteiger partial charge < -0.3 is 16.0 Å². The van der Waals surface area contributed by atoms with Crippen LogP contribution in [0.1, 0.15) is 31.7 Å². The molecular formula is C18H27ClN4OS. The lowest BCUT2D eigenvalue weighted by Crippen LogP contribution is -2.39. The molecule has 5 nitrogen and oxygen atoms in total. The maximum atomic E-state index is 12.1. The molecule has 0 radical (unpaired) electrons. The molecule has 1 atom stereocenters. The minimum atomic E-state index is -0.0690. The molecule has 7 heteroatoms. The van der Waals surface area contributed by atoms with Gasteiger partial charge >= 0.3 is 0 Å². The Morgan fingerprint density at radius 2 is 2.24 bits per heavy atom. The third kappa shape index (κ3) is 7.16. The van der Waals surface area contributed by atoms with Crippen LogP contribution in [0.4, 0.5) is 5.69 Å². The first-order valence-corrected chi connectivity index (χ1v) is 10.2. The summed E-state index contributed by atoms with van der Waals surface area (Å²) >= 11 is 8.14. The number of aryl methyl sites for hydroxylation is 1. The van der Waals surface area contributed by atoms with Crippen LogP contribution in [0.5, 0.6) is 0 Å². The number of guanidine groups is 1. The summed E-state index contributed by atoms with van der Waals surface area (Å²) in [6.07, 6.45) is 2.89. The summed E-state index contributed by atoms with van der Waals surface area (Å²) in [5, 5.41) is 10.5. The van der Waals surface area contributed by atoms with Crippen molar-refractivity contribution in [3.8, 4) is 0 Å². The Labute approximate surface area is 159 Å². The molecule has 3 N–H and O–H groups in total. The molecule has 1 heterocycles. The van der Waals surface area contributed by atoms with E-state index in [1.165, 1.54) is 18.6 Å². The Morgan fingerprint density at radius 3 is 2.92 bits per heavy atom. The van der Waals surface area contributed by atoms with Crippen molar-refractivity contribution in [2.45, 2.75) is 38.4 Å². The molecule has 1 aliphatic heterocycles. The standard InChI is InChI=1S/C18H27ClN4OS/c1-3-20-18(22-12-14-5-4-10-25-14)21-9-8-17(24)23-16-7-6-13(2)11-15(16)19/h6-7,11,14H,3-5,8-10,12H2,1-2H3,(H,23,24)(H2,20,21,22). The number of benzene rings is 1. The van der Waals surface area contributed by atoms with E-state index in [9.17, 15) is 4.79 Å². The second-order valence-electron chi connectivity index (χ2n) is 6.06. The van der Waals surface area contributed by atoms with Gasteiger partial charge in [0.05, 0.1) is 17.3 Å². The predicted octanol–water partition coefficient (Wildman–Crippen LogP) is 3.43. The van der Waals surface area contributed by atoms with Crippen LogP contribution in [0.25, 0.3) is 0 Å². The summed E-state index contributed by atoms with van der Waals surface area (Å²) in [7, 11) is 0. The van der Waals surface area contributed by atoms with Gasteiger partial charge in [0, 0.05) is 24.8 Å². The van der Waals surface area contributed by atoms with Gasteiger partial charge in [0.15, 0.2) is 5.96 Å². The van der Waals surface area contributed by atoms with E-state index in [1.54, 1.807) is 0 Å². The quantitative estimate of drug-likeness (QED) is 0.499. The molecule has 2 rings (SSSR count). The topological polar surface area (TPSA) is 65.5 Å². The first-order valence-electron chi connectivity index (χ1n) is 8.78. The van der Waals surface area contributed by atoms with Gasteiger partial charge in [0.2, 0.25) is 5.91 Å². The monoisotopic (exact) mass is 382 g/mol. The molecule has 0 saturated carbocycles. The highest BCUT2D eigenvalue weighted by atomic mass is 35.5. The lowest BCUT2D eigenvalue weighted by Gasteiger charge is -2.13. The maximum absolute atomic E-state index is 12.1. The van der Waals surface area contributed by atoms with Crippen molar-refractivity contribution in [3.05, 3.63) is 28.8 Å². The van der Waals surface area contributed by atoms with Crippen molar-refractivity contribution in [1.82, 2.24) is 10.6 Å². The van der Waals surface area contributed by atoms with Crippen LogP contribution in [0.3, 0.4) is 0 Å². The van der Waals surface area contributed by atoms with Gasteiger partial charge in [-0.1, -0.05) is 17.7 Å². The van der Waals surface area contributed by atoms with Crippen molar-refractivity contribution < 1.29 is 4.79 Å². The number of halogens is 1. The lowest BCUT2D eigenvalue weighted by atomic mass is 10.2. The molecule has 1 aliphatic rings. The van der Waals surface area contributed by atoms with Crippen molar-refractivity contribution >= 4 is 40.9 Å². The molecule has 138 valence electrons. The third-order valence-corrected chi connectivity index (χ3v) is 5.56. The van der Waals surface area contributed by atoms with Gasteiger partial charge in [-0.15, -0.1) is 0 Å². The largest absolute Gasteiger partial charge is 0.357 e. The Bertz CT molecular complexity index is 603. The van der Waals surface area contributed by atoms with E-state index in [-0.39, 0.29) is 5.91 Å². The van der Waals surface area contributed by atoms with E-state index < -0.39 is 0 Å². The van der Waals surface area contributed by atoms with Crippen molar-refractivity contribution in [2.24, 2.45) is 4.99 Å². The number of hydrogen-bond acceptors (Lipinski definition) is 3. The smallest absolute Gasteiger partial charge is 0.226 e. The molecule has 1 aromatic rings. The molecule has 1 saturated heterocycles. The summed E-state index contributed by atoms with van der Waals surface area (Å²) in [5.41, 5.74) is 1.72. The zero-order valence-electron chi connectivity index (χ0n) is 14.9. The fourth-order valence-corrected chi connectivity index (χ4v) is 4.01. The number of amides is 1. The van der Waals surface area contributed by atoms with Crippen LogP contribution in [0, 0.1) is 6.92 Å². The minimum Gasteiger partial charge on any atom is -0.357 e. The SMILES string of the molecule is CCNC(=NCC1CCCS1)NCCC(=O)Nc1ccc(C)cc1Cl. The number of rotatable bonds is 7. The molecule has 1 unspecified atom stereocenters. The molecule has 1 fully saturated rings. The van der Waals surface area contributed by atoms with Gasteiger partial charge in [0.1, 0.15) is 0 Å². The molecular weight excluding hydrogens is 356 g/mol. The van der Waals surface area contributed by atoms with E-state index in [4.69, 9.17) is 11.6 Å². The number of carbonyl (C=O) groups excluding carboxylic acids is 1. The van der Waals surface area contributed by atoms with Gasteiger partial charge in [0.25, 0.3) is 0 Å². The fourth-order valence-electron chi connectivity index (χ4n) is 2.55. The van der Waals surface area contributed by atoms with Crippen LogP contribution in [-0.2, 0) is 4.79 Å². The van der Waals surface area contributed by atoms with Crippen LogP contribution in [0.2, 0.25) is 5.02 Å². The zero-order valence-corrected chi connectivity index (χ0v) is 16.5. The summed E-state index contributed by atoms with van der Waals surface area (Å²) in [6, 6.07) is 5.59. The Kier molecular flexibility index (Phi) is 8.41. The zero-order chi connectivity index (χ0) is 18.1. The minimum absolute atomic E-state index is 0.0690. The molecule has 1 amide bonds. The highest BCUT2D eigenvalue weighted by molar-refractivity contribution is 8.00. The van der Waals surface area contributed by atoms with E-state index in [0.29, 0.717) is 28.9 Å². The first kappa shape index (κ1) is 19.9. The summed E-state index contributed by atoms with van der Waals surface area (Å²) in [4.78, 5) is 16.7. The van der Waals surface area contributed by atoms with Gasteiger partial charge in [-0.25, -0.2) is 0 Å². The van der Waals surface area contributed by atoms with Gasteiger partial charge in [-0.2, -0.15) is 11.8 Å². The van der Waals surface area contributed by atoms with Crippen LogP contribution >= 0.6 is 23.4 Å². The van der Waals surface area contributed by atoms with Gasteiger partial charge in [-0.3, -0.25) is 9.79 Å². The summed E-state index contributed by atoms with van der Waals surface area (Å²) < 4.78 is 0. The van der Waals surface area contributed by atoms with Crippen LogP contribution in [0.15, 0.2) is 23.2 Å².